The number of amides is 9. The number of anilines is 4. The Morgan fingerprint density at radius 2 is 0.544 bits per heavy atom. The third kappa shape index (κ3) is 29.3. The summed E-state index contributed by atoms with van der Waals surface area (Å²) in [4.78, 5) is 229. The number of nitrogens with zero attached hydrogens (tertiary/aromatic N) is 4. The van der Waals surface area contributed by atoms with Gasteiger partial charge in [0.1, 0.15) is 92.3 Å². The summed E-state index contributed by atoms with van der Waals surface area (Å²) in [5.74, 6) is -11.4. The number of alkyl carbamates (subject to hydrolysis) is 1. The first-order chi connectivity index (χ1) is 65.2. The fourth-order valence-corrected chi connectivity index (χ4v) is 18.2. The average molecular weight is 1890 g/mol. The molecule has 4 atom stereocenters. The normalized spacial score (nSPS) is 17.6. The molecule has 8 aliphatic rings. The molecule has 5 N–H and O–H groups in total. The molecule has 4 fully saturated rings. The number of rotatable bonds is 47. The second-order valence-electron chi connectivity index (χ2n) is 38.2. The van der Waals surface area contributed by atoms with Gasteiger partial charge < -0.3 is 98.3 Å². The monoisotopic (exact) mass is 1890 g/mol. The maximum atomic E-state index is 15.1. The minimum Gasteiger partial charge on any atom is -0.464 e. The van der Waals surface area contributed by atoms with Crippen molar-refractivity contribution >= 4 is 118 Å². The number of fused-ring (bicyclic) bond motifs is 4. The Bertz CT molecular complexity index is 4510. The molecule has 4 aromatic carbocycles. The topological polar surface area (TPSA) is 448 Å². The van der Waals surface area contributed by atoms with Crippen molar-refractivity contribution in [2.24, 2.45) is 16.2 Å². The molecule has 12 rings (SSSR count). The van der Waals surface area contributed by atoms with Crippen LogP contribution in [0.3, 0.4) is 0 Å². The highest BCUT2D eigenvalue weighted by Crippen LogP contribution is 2.35. The van der Waals surface area contributed by atoms with E-state index in [1.165, 1.54) is 62.6 Å². The van der Waals surface area contributed by atoms with Gasteiger partial charge >= 0.3 is 47.9 Å². The number of nitrogens with one attached hydrogen (secondary N) is 5. The fraction of sp³-hybridized carbons (Fsp3) is 0.600. The smallest absolute Gasteiger partial charge is 0.407 e. The van der Waals surface area contributed by atoms with Gasteiger partial charge in [0.25, 0.3) is 0 Å². The van der Waals surface area contributed by atoms with Gasteiger partial charge in [0.15, 0.2) is 0 Å². The van der Waals surface area contributed by atoms with Crippen LogP contribution in [-0.2, 0) is 175 Å². The zero-order valence-corrected chi connectivity index (χ0v) is 79.1. The van der Waals surface area contributed by atoms with Crippen molar-refractivity contribution in [3.8, 4) is 0 Å². The molecule has 136 heavy (non-hydrogen) atoms. The van der Waals surface area contributed by atoms with Crippen LogP contribution in [-0.4, -0.2) is 263 Å². The van der Waals surface area contributed by atoms with Crippen molar-refractivity contribution in [3.05, 3.63) is 117 Å². The molecular formula is C100H131N9O27. The van der Waals surface area contributed by atoms with E-state index in [-0.39, 0.29) is 72.4 Å². The van der Waals surface area contributed by atoms with E-state index in [9.17, 15) is 67.1 Å². The van der Waals surface area contributed by atoms with Gasteiger partial charge in [-0.05, 0) is 263 Å². The summed E-state index contributed by atoms with van der Waals surface area (Å²) in [7, 11) is 0. The van der Waals surface area contributed by atoms with E-state index in [2.05, 4.69) is 26.6 Å². The SMILES string of the molecule is CC(C)(C)OC(=O)NCCOCCOCCOCCOC(=O)C(C)(COC(=O)C(C)(COC(=O)CCC(=O)N1CCC[C@H]1C(=O)Nc1ccc2c(c1)CCC2)COC(=O)CCC(=O)N1CCC[C@H]1C(=O)Nc1ccc2c(c1)CCC2)COC(=O)C(C)(COC(=O)CCC(=O)N1CCC[C@H]1C(=O)Nc1ccc2c(c1)CCC2)COC(=O)CCC(=O)N1CCC[C@H]1C(=O)Nc1ccc2c(c1)CCC2. The lowest BCUT2D eigenvalue weighted by molar-refractivity contribution is -0.183. The number of ether oxygens (including phenoxy) is 11. The number of hydrogen-bond donors (Lipinski definition) is 5. The first-order valence-corrected chi connectivity index (χ1v) is 47.9. The lowest BCUT2D eigenvalue weighted by Gasteiger charge is -2.32. The number of carbonyl (C=O) groups is 16. The standard InChI is InChI=1S/C100H131N9O27/c1-97(2,3)136-96(125)101-43-48-126-49-50-127-51-52-128-53-54-129-93(122)100(6,63-134-94(123)98(4,59-130-85(114)39-35-81(110)106-44-11-23-77(106)89(118)102-73-31-27-65-15-7-19-69(65)55-73)60-131-86(115)40-36-82(111)107-45-12-24-78(107)90(119)103-74-32-28-66-16-8-20-70(66)56-74)64-135-95(124)99(5,61-132-87(116)41-37-83(112)108-46-13-25-79(108)91(120)104-75-33-29-67-17-9-21-71(67)57-75)62-133-88(117)42-38-84(113)109-47-14-26-80(109)92(121)105-76-34-30-68-18-10-22-72(68)58-76/h27-34,55-58,77-80H,7-26,35-54,59-64H2,1-6H3,(H,101,125)(H,102,118)(H,103,119)(H,104,120)(H,105,121)/t77-,78-,79-,80-/m0/s1. The molecule has 0 unspecified atom stereocenters. The predicted molar refractivity (Wildman–Crippen MR) is 492 cm³/mol. The maximum Gasteiger partial charge on any atom is 0.407 e. The van der Waals surface area contributed by atoms with Crippen molar-refractivity contribution < 1.29 is 129 Å². The van der Waals surface area contributed by atoms with Gasteiger partial charge in [0.05, 0.1) is 65.3 Å². The Kier molecular flexibility index (Phi) is 36.9. The Hall–Kier alpha value is -11.9. The van der Waals surface area contributed by atoms with Crippen molar-refractivity contribution in [1.29, 1.82) is 0 Å². The van der Waals surface area contributed by atoms with Crippen molar-refractivity contribution in [2.45, 2.75) is 251 Å². The van der Waals surface area contributed by atoms with E-state index in [1.807, 2.05) is 72.8 Å². The Balaban J connectivity index is 0.723. The molecule has 4 heterocycles. The van der Waals surface area contributed by atoms with Crippen LogP contribution < -0.4 is 26.6 Å². The average Bonchev–Trinajstić information content (AvgIpc) is 1.71. The van der Waals surface area contributed by atoms with Gasteiger partial charge in [-0.25, -0.2) is 4.79 Å². The van der Waals surface area contributed by atoms with E-state index in [0.29, 0.717) is 74.1 Å². The molecular weight excluding hydrogens is 1760 g/mol. The summed E-state index contributed by atoms with van der Waals surface area (Å²) in [5.41, 5.74) is 4.52. The molecule has 0 aromatic heterocycles. The van der Waals surface area contributed by atoms with E-state index in [1.54, 1.807) is 20.8 Å². The molecule has 4 aliphatic heterocycles. The number of carbonyl (C=O) groups excluding carboxylic acids is 16. The fourth-order valence-electron chi connectivity index (χ4n) is 18.2. The molecule has 36 heteroatoms. The molecule has 0 bridgehead atoms. The van der Waals surface area contributed by atoms with Crippen LogP contribution >= 0.6 is 0 Å². The number of likely N-dealkylation sites (tertiary alicyclic amines) is 4. The van der Waals surface area contributed by atoms with Gasteiger partial charge in [-0.15, -0.1) is 0 Å². The van der Waals surface area contributed by atoms with Crippen LogP contribution in [0.15, 0.2) is 72.8 Å². The Labute approximate surface area is 792 Å². The number of benzene rings is 4. The summed E-state index contributed by atoms with van der Waals surface area (Å²) in [6, 6.07) is 19.6. The van der Waals surface area contributed by atoms with E-state index in [4.69, 9.17) is 52.1 Å². The summed E-state index contributed by atoms with van der Waals surface area (Å²) >= 11 is 0. The molecule has 4 aromatic rings. The third-order valence-corrected chi connectivity index (χ3v) is 26.0. The second-order valence-corrected chi connectivity index (χ2v) is 38.2. The molecule has 4 saturated heterocycles. The highest BCUT2D eigenvalue weighted by Gasteiger charge is 2.48. The largest absolute Gasteiger partial charge is 0.464 e. The minimum absolute atomic E-state index is 0.00524. The third-order valence-electron chi connectivity index (χ3n) is 26.0. The van der Waals surface area contributed by atoms with Crippen LogP contribution in [0.1, 0.15) is 214 Å². The van der Waals surface area contributed by atoms with E-state index in [0.717, 1.165) is 99.3 Å². The van der Waals surface area contributed by atoms with Crippen molar-refractivity contribution in [3.63, 3.8) is 0 Å². The summed E-state index contributed by atoms with van der Waals surface area (Å²) in [6.45, 7) is 4.14. The molecule has 9 amide bonds. The van der Waals surface area contributed by atoms with Gasteiger partial charge in [0, 0.05) is 81.2 Å². The van der Waals surface area contributed by atoms with Crippen LogP contribution in [0.25, 0.3) is 0 Å². The Morgan fingerprint density at radius 1 is 0.294 bits per heavy atom. The molecule has 0 spiro atoms. The van der Waals surface area contributed by atoms with Crippen LogP contribution in [0.5, 0.6) is 0 Å². The zero-order chi connectivity index (χ0) is 97.1. The van der Waals surface area contributed by atoms with Gasteiger partial charge in [-0.2, -0.15) is 0 Å². The molecule has 4 aliphatic carbocycles. The summed E-state index contributed by atoms with van der Waals surface area (Å²) in [5, 5.41) is 14.4. The van der Waals surface area contributed by atoms with Crippen LogP contribution in [0.4, 0.5) is 27.5 Å². The molecule has 36 nitrogen and oxygen atoms in total. The lowest BCUT2D eigenvalue weighted by atomic mass is 9.90. The molecule has 738 valence electrons. The maximum absolute atomic E-state index is 15.1. The number of aryl methyl sites for hydroxylation is 8. The van der Waals surface area contributed by atoms with Crippen LogP contribution in [0, 0.1) is 16.2 Å². The van der Waals surface area contributed by atoms with Gasteiger partial charge in [0.2, 0.25) is 47.3 Å². The zero-order valence-electron chi connectivity index (χ0n) is 79.1. The summed E-state index contributed by atoms with van der Waals surface area (Å²) < 4.78 is 62.5. The molecule has 0 radical (unpaired) electrons. The van der Waals surface area contributed by atoms with Crippen LogP contribution in [0.2, 0.25) is 0 Å². The highest BCUT2D eigenvalue weighted by atomic mass is 16.6. The second kappa shape index (κ2) is 48.7. The number of hydrogen-bond acceptors (Lipinski definition) is 27. The molecule has 0 saturated carbocycles. The Morgan fingerprint density at radius 3 is 0.824 bits per heavy atom. The summed E-state index contributed by atoms with van der Waals surface area (Å²) in [6.07, 6.45) is 10.4. The van der Waals surface area contributed by atoms with Crippen molar-refractivity contribution in [1.82, 2.24) is 24.9 Å². The first kappa shape index (κ1) is 103. The van der Waals surface area contributed by atoms with E-state index < -0.39 is 239 Å². The highest BCUT2D eigenvalue weighted by molar-refractivity contribution is 6.01. The van der Waals surface area contributed by atoms with E-state index >= 15 is 9.59 Å². The minimum atomic E-state index is -2.24. The quantitative estimate of drug-likeness (QED) is 0.0156. The van der Waals surface area contributed by atoms with Crippen molar-refractivity contribution in [2.75, 3.05) is 140 Å². The first-order valence-electron chi connectivity index (χ1n) is 47.9. The number of esters is 7. The predicted octanol–water partition coefficient (Wildman–Crippen LogP) is 8.98. The lowest BCUT2D eigenvalue weighted by Crippen LogP contribution is -2.47. The van der Waals surface area contributed by atoms with Gasteiger partial charge in [-0.3, -0.25) is 71.9 Å². The van der Waals surface area contributed by atoms with Gasteiger partial charge in [-0.1, -0.05) is 24.3 Å².